The summed E-state index contributed by atoms with van der Waals surface area (Å²) in [5, 5.41) is 16.4. The van der Waals surface area contributed by atoms with Crippen LogP contribution in [0.3, 0.4) is 0 Å². The maximum Gasteiger partial charge on any atom is 0.330 e. The normalized spacial score (nSPS) is 8.67. The molecule has 0 spiro atoms. The molecule has 0 saturated carbocycles. The fourth-order valence-corrected chi connectivity index (χ4v) is 0.774. The molecular formula is C12H16O3. The van der Waals surface area contributed by atoms with Crippen LogP contribution in [-0.2, 0) is 11.2 Å². The fraction of sp³-hybridized carbons (Fsp3) is 0.250. The Bertz CT molecular complexity index is 292. The van der Waals surface area contributed by atoms with Gasteiger partial charge in [-0.25, -0.2) is 4.79 Å². The first-order valence-corrected chi connectivity index (χ1v) is 4.61. The lowest BCUT2D eigenvalue weighted by atomic mass is 10.2. The van der Waals surface area contributed by atoms with Crippen molar-refractivity contribution in [2.45, 2.75) is 13.3 Å². The van der Waals surface area contributed by atoms with E-state index in [1.165, 1.54) is 12.5 Å². The van der Waals surface area contributed by atoms with Gasteiger partial charge in [0.2, 0.25) is 0 Å². The number of aliphatic hydroxyl groups excluding tert-OH is 1. The van der Waals surface area contributed by atoms with E-state index < -0.39 is 5.97 Å². The van der Waals surface area contributed by atoms with E-state index in [2.05, 4.69) is 6.58 Å². The molecule has 0 aliphatic heterocycles. The Labute approximate surface area is 89.7 Å². The van der Waals surface area contributed by atoms with Gasteiger partial charge >= 0.3 is 5.97 Å². The molecule has 82 valence electrons. The third-order valence-corrected chi connectivity index (χ3v) is 1.61. The number of aliphatic carboxylic acids is 1. The van der Waals surface area contributed by atoms with Gasteiger partial charge in [0.05, 0.1) is 0 Å². The first-order chi connectivity index (χ1) is 7.07. The molecule has 0 aromatic heterocycles. The van der Waals surface area contributed by atoms with E-state index in [-0.39, 0.29) is 12.2 Å². The Morgan fingerprint density at radius 3 is 2.13 bits per heavy atom. The van der Waals surface area contributed by atoms with Crippen molar-refractivity contribution in [2.75, 3.05) is 6.61 Å². The van der Waals surface area contributed by atoms with E-state index in [1.807, 2.05) is 30.3 Å². The summed E-state index contributed by atoms with van der Waals surface area (Å²) in [5.74, 6) is -0.935. The van der Waals surface area contributed by atoms with Crippen molar-refractivity contribution >= 4 is 5.97 Å². The summed E-state index contributed by atoms with van der Waals surface area (Å²) in [6.07, 6.45) is 0.765. The highest BCUT2D eigenvalue weighted by Gasteiger charge is 1.90. The summed E-state index contributed by atoms with van der Waals surface area (Å²) >= 11 is 0. The molecule has 0 unspecified atom stereocenters. The average molecular weight is 208 g/mol. The van der Waals surface area contributed by atoms with Crippen molar-refractivity contribution in [1.82, 2.24) is 0 Å². The molecule has 15 heavy (non-hydrogen) atoms. The van der Waals surface area contributed by atoms with Crippen LogP contribution in [0.5, 0.6) is 0 Å². The number of rotatable bonds is 3. The van der Waals surface area contributed by atoms with Crippen LogP contribution in [0.1, 0.15) is 12.5 Å². The SMILES string of the molecule is C=C(C)C(=O)O.OCCc1ccccc1. The number of carboxylic acid groups (broad SMARTS) is 1. The summed E-state index contributed by atoms with van der Waals surface area (Å²) in [6, 6.07) is 9.95. The number of hydrogen-bond acceptors (Lipinski definition) is 2. The van der Waals surface area contributed by atoms with Crippen molar-refractivity contribution in [3.63, 3.8) is 0 Å². The highest BCUT2D eigenvalue weighted by molar-refractivity contribution is 5.84. The number of carboxylic acids is 1. The van der Waals surface area contributed by atoms with Crippen LogP contribution in [0.15, 0.2) is 42.5 Å². The molecule has 3 nitrogen and oxygen atoms in total. The molecule has 0 bridgehead atoms. The number of benzene rings is 1. The van der Waals surface area contributed by atoms with Gasteiger partial charge in [-0.3, -0.25) is 0 Å². The van der Waals surface area contributed by atoms with Crippen molar-refractivity contribution in [3.05, 3.63) is 48.0 Å². The van der Waals surface area contributed by atoms with Crippen LogP contribution in [0.4, 0.5) is 0 Å². The van der Waals surface area contributed by atoms with Gasteiger partial charge in [-0.1, -0.05) is 36.9 Å². The third-order valence-electron chi connectivity index (χ3n) is 1.61. The predicted octanol–water partition coefficient (Wildman–Crippen LogP) is 1.87. The molecule has 1 rings (SSSR count). The molecule has 1 aromatic carbocycles. The highest BCUT2D eigenvalue weighted by atomic mass is 16.4. The molecule has 0 amide bonds. The molecule has 0 fully saturated rings. The molecule has 0 aliphatic rings. The zero-order chi connectivity index (χ0) is 11.7. The van der Waals surface area contributed by atoms with Crippen LogP contribution in [0.2, 0.25) is 0 Å². The number of hydrogen-bond donors (Lipinski definition) is 2. The second-order valence-electron chi connectivity index (χ2n) is 3.04. The topological polar surface area (TPSA) is 57.5 Å². The Hall–Kier alpha value is -1.61. The van der Waals surface area contributed by atoms with Crippen molar-refractivity contribution in [3.8, 4) is 0 Å². The summed E-state index contributed by atoms with van der Waals surface area (Å²) in [6.45, 7) is 4.84. The second-order valence-corrected chi connectivity index (χ2v) is 3.04. The Morgan fingerprint density at radius 2 is 1.80 bits per heavy atom. The zero-order valence-electron chi connectivity index (χ0n) is 8.81. The minimum absolute atomic E-state index is 0.176. The molecule has 0 aliphatic carbocycles. The standard InChI is InChI=1S/C8H10O.C4H6O2/c9-7-6-8-4-2-1-3-5-8;1-3(2)4(5)6/h1-5,9H,6-7H2;1H2,2H3,(H,5,6). The largest absolute Gasteiger partial charge is 0.478 e. The van der Waals surface area contributed by atoms with Gasteiger partial charge in [-0.05, 0) is 18.9 Å². The summed E-state index contributed by atoms with van der Waals surface area (Å²) in [5.41, 5.74) is 1.37. The van der Waals surface area contributed by atoms with E-state index in [1.54, 1.807) is 0 Å². The molecule has 1 aromatic rings. The number of aliphatic hydroxyl groups is 1. The van der Waals surface area contributed by atoms with Gasteiger partial charge in [0.25, 0.3) is 0 Å². The minimum atomic E-state index is -0.935. The maximum absolute atomic E-state index is 9.60. The lowest BCUT2D eigenvalue weighted by molar-refractivity contribution is -0.132. The summed E-state index contributed by atoms with van der Waals surface area (Å²) < 4.78 is 0. The lowest BCUT2D eigenvalue weighted by Gasteiger charge is -1.93. The Kier molecular flexibility index (Phi) is 6.93. The van der Waals surface area contributed by atoms with Crippen molar-refractivity contribution < 1.29 is 15.0 Å². The van der Waals surface area contributed by atoms with E-state index in [0.29, 0.717) is 0 Å². The van der Waals surface area contributed by atoms with Gasteiger partial charge in [0, 0.05) is 12.2 Å². The third kappa shape index (κ3) is 7.46. The van der Waals surface area contributed by atoms with Gasteiger partial charge in [0.1, 0.15) is 0 Å². The maximum atomic E-state index is 9.60. The van der Waals surface area contributed by atoms with Crippen LogP contribution in [0, 0.1) is 0 Å². The fourth-order valence-electron chi connectivity index (χ4n) is 0.774. The Morgan fingerprint density at radius 1 is 1.33 bits per heavy atom. The first kappa shape index (κ1) is 13.4. The van der Waals surface area contributed by atoms with Gasteiger partial charge < -0.3 is 10.2 Å². The van der Waals surface area contributed by atoms with E-state index in [4.69, 9.17) is 10.2 Å². The summed E-state index contributed by atoms with van der Waals surface area (Å²) in [7, 11) is 0. The smallest absolute Gasteiger partial charge is 0.330 e. The van der Waals surface area contributed by atoms with Gasteiger partial charge in [0.15, 0.2) is 0 Å². The summed E-state index contributed by atoms with van der Waals surface area (Å²) in [4.78, 5) is 9.60. The predicted molar refractivity (Wildman–Crippen MR) is 59.7 cm³/mol. The van der Waals surface area contributed by atoms with E-state index in [9.17, 15) is 4.79 Å². The molecule has 3 heteroatoms. The molecule has 0 saturated heterocycles. The molecule has 0 atom stereocenters. The second kappa shape index (κ2) is 7.76. The quantitative estimate of drug-likeness (QED) is 0.745. The van der Waals surface area contributed by atoms with Crippen LogP contribution in [-0.4, -0.2) is 22.8 Å². The minimum Gasteiger partial charge on any atom is -0.478 e. The van der Waals surface area contributed by atoms with E-state index >= 15 is 0 Å². The first-order valence-electron chi connectivity index (χ1n) is 4.61. The van der Waals surface area contributed by atoms with Crippen LogP contribution < -0.4 is 0 Å². The molecule has 0 heterocycles. The molecular weight excluding hydrogens is 192 g/mol. The van der Waals surface area contributed by atoms with Gasteiger partial charge in [-0.15, -0.1) is 0 Å². The lowest BCUT2D eigenvalue weighted by Crippen LogP contribution is -1.92. The van der Waals surface area contributed by atoms with Gasteiger partial charge in [-0.2, -0.15) is 0 Å². The van der Waals surface area contributed by atoms with Crippen LogP contribution in [0.25, 0.3) is 0 Å². The van der Waals surface area contributed by atoms with E-state index in [0.717, 1.165) is 6.42 Å². The highest BCUT2D eigenvalue weighted by Crippen LogP contribution is 1.97. The Balaban J connectivity index is 0.000000288. The number of carbonyl (C=O) groups is 1. The van der Waals surface area contributed by atoms with Crippen molar-refractivity contribution in [1.29, 1.82) is 0 Å². The molecule has 0 radical (unpaired) electrons. The zero-order valence-corrected chi connectivity index (χ0v) is 8.81. The van der Waals surface area contributed by atoms with Crippen LogP contribution >= 0.6 is 0 Å². The van der Waals surface area contributed by atoms with Crippen molar-refractivity contribution in [2.24, 2.45) is 0 Å². The monoisotopic (exact) mass is 208 g/mol. The molecule has 2 N–H and O–H groups in total. The average Bonchev–Trinajstić information content (AvgIpc) is 2.20.